The first-order chi connectivity index (χ1) is 23.8. The molecule has 8 aromatic carbocycles. The zero-order valence-corrected chi connectivity index (χ0v) is 26.2. The topological polar surface area (TPSA) is 9.86 Å². The van der Waals surface area contributed by atoms with E-state index in [9.17, 15) is 0 Å². The second-order valence-corrected chi connectivity index (χ2v) is 12.5. The summed E-state index contributed by atoms with van der Waals surface area (Å²) in [5.74, 6) is 0. The van der Waals surface area contributed by atoms with Crippen molar-refractivity contribution in [1.82, 2.24) is 9.13 Å². The van der Waals surface area contributed by atoms with Crippen LogP contribution in [0.3, 0.4) is 0 Å². The minimum atomic E-state index is 1.14. The Labute approximate surface area is 278 Å². The van der Waals surface area contributed by atoms with Gasteiger partial charge in [0, 0.05) is 32.9 Å². The summed E-state index contributed by atoms with van der Waals surface area (Å²) in [5, 5.41) is 7.53. The molecule has 2 aromatic heterocycles. The molecule has 0 amide bonds. The Kier molecular flexibility index (Phi) is 5.91. The van der Waals surface area contributed by atoms with Crippen molar-refractivity contribution in [1.29, 1.82) is 0 Å². The van der Waals surface area contributed by atoms with Crippen LogP contribution >= 0.6 is 0 Å². The highest BCUT2D eigenvalue weighted by Gasteiger charge is 2.18. The summed E-state index contributed by atoms with van der Waals surface area (Å²) >= 11 is 0. The maximum absolute atomic E-state index is 2.44. The molecule has 0 aliphatic rings. The Morgan fingerprint density at radius 2 is 0.583 bits per heavy atom. The van der Waals surface area contributed by atoms with Gasteiger partial charge in [0.25, 0.3) is 0 Å². The Morgan fingerprint density at radius 1 is 0.250 bits per heavy atom. The standard InChI is InChI=1S/C46H30N2/c1-2-14-31(15-3-1)35-26-27-36(38-17-5-4-16-37(35)38)32-28-33(47-43-22-10-6-18-39(43)40-19-7-11-23-44(40)47)30-34(29-32)48-45-24-12-8-20-41(45)42-21-9-13-25-46(42)48/h1-30H. The van der Waals surface area contributed by atoms with Crippen LogP contribution in [0, 0.1) is 0 Å². The van der Waals surface area contributed by atoms with Gasteiger partial charge >= 0.3 is 0 Å². The van der Waals surface area contributed by atoms with E-state index in [1.807, 2.05) is 0 Å². The zero-order valence-electron chi connectivity index (χ0n) is 26.2. The molecule has 10 aromatic rings. The fourth-order valence-corrected chi connectivity index (χ4v) is 7.83. The molecule has 48 heavy (non-hydrogen) atoms. The second-order valence-electron chi connectivity index (χ2n) is 12.5. The maximum atomic E-state index is 2.44. The molecule has 10 rings (SSSR count). The van der Waals surface area contributed by atoms with Gasteiger partial charge in [0.15, 0.2) is 0 Å². The van der Waals surface area contributed by atoms with Crippen LogP contribution in [0.25, 0.3) is 88.0 Å². The van der Waals surface area contributed by atoms with E-state index in [0.29, 0.717) is 0 Å². The lowest BCUT2D eigenvalue weighted by molar-refractivity contribution is 1.13. The van der Waals surface area contributed by atoms with Crippen molar-refractivity contribution in [3.05, 3.63) is 182 Å². The van der Waals surface area contributed by atoms with Gasteiger partial charge in [-0.1, -0.05) is 140 Å². The van der Waals surface area contributed by atoms with Crippen molar-refractivity contribution in [2.75, 3.05) is 0 Å². The minimum absolute atomic E-state index is 1.14. The van der Waals surface area contributed by atoms with Gasteiger partial charge in [-0.3, -0.25) is 0 Å². The maximum Gasteiger partial charge on any atom is 0.0541 e. The van der Waals surface area contributed by atoms with E-state index in [1.165, 1.54) is 76.6 Å². The van der Waals surface area contributed by atoms with E-state index in [2.05, 4.69) is 191 Å². The highest BCUT2D eigenvalue weighted by molar-refractivity contribution is 6.11. The summed E-state index contributed by atoms with van der Waals surface area (Å²) in [6, 6.07) is 66.3. The quantitative estimate of drug-likeness (QED) is 0.188. The Morgan fingerprint density at radius 3 is 1.00 bits per heavy atom. The predicted molar refractivity (Wildman–Crippen MR) is 203 cm³/mol. The van der Waals surface area contributed by atoms with Crippen molar-refractivity contribution in [2.45, 2.75) is 0 Å². The number of hydrogen-bond acceptors (Lipinski definition) is 0. The number of rotatable bonds is 4. The van der Waals surface area contributed by atoms with E-state index in [4.69, 9.17) is 0 Å². The lowest BCUT2D eigenvalue weighted by atomic mass is 9.91. The van der Waals surface area contributed by atoms with Crippen LogP contribution < -0.4 is 0 Å². The average Bonchev–Trinajstić information content (AvgIpc) is 3.68. The first kappa shape index (κ1) is 26.8. The number of benzene rings is 8. The zero-order chi connectivity index (χ0) is 31.6. The normalized spacial score (nSPS) is 11.8. The molecule has 224 valence electrons. The Bertz CT molecular complexity index is 2600. The third-order valence-corrected chi connectivity index (χ3v) is 9.90. The van der Waals surface area contributed by atoms with Crippen LogP contribution in [0.1, 0.15) is 0 Å². The molecule has 0 saturated carbocycles. The van der Waals surface area contributed by atoms with Gasteiger partial charge in [-0.05, 0) is 75.5 Å². The number of hydrogen-bond donors (Lipinski definition) is 0. The molecule has 0 bridgehead atoms. The average molecular weight is 611 g/mol. The van der Waals surface area contributed by atoms with Crippen LogP contribution in [0.2, 0.25) is 0 Å². The summed E-state index contributed by atoms with van der Waals surface area (Å²) < 4.78 is 4.87. The van der Waals surface area contributed by atoms with Crippen molar-refractivity contribution >= 4 is 54.4 Å². The SMILES string of the molecule is c1ccc(-c2ccc(-c3cc(-n4c5ccccc5c5ccccc54)cc(-n4c5ccccc5c5ccccc54)c3)c3ccccc23)cc1. The van der Waals surface area contributed by atoms with Gasteiger partial charge in [0.1, 0.15) is 0 Å². The van der Waals surface area contributed by atoms with E-state index in [-0.39, 0.29) is 0 Å². The summed E-state index contributed by atoms with van der Waals surface area (Å²) in [5.41, 5.74) is 12.0. The predicted octanol–water partition coefficient (Wildman–Crippen LogP) is 12.4. The van der Waals surface area contributed by atoms with Crippen molar-refractivity contribution < 1.29 is 0 Å². The summed E-state index contributed by atoms with van der Waals surface area (Å²) in [6.45, 7) is 0. The Balaban J connectivity index is 1.32. The van der Waals surface area contributed by atoms with Gasteiger partial charge in [-0.15, -0.1) is 0 Å². The van der Waals surface area contributed by atoms with E-state index in [1.54, 1.807) is 0 Å². The summed E-state index contributed by atoms with van der Waals surface area (Å²) in [4.78, 5) is 0. The molecular weight excluding hydrogens is 581 g/mol. The Hall–Kier alpha value is -6.38. The molecule has 0 saturated heterocycles. The molecule has 2 heteroatoms. The van der Waals surface area contributed by atoms with Gasteiger partial charge in [-0.2, -0.15) is 0 Å². The monoisotopic (exact) mass is 610 g/mol. The fraction of sp³-hybridized carbons (Fsp3) is 0. The molecule has 0 N–H and O–H groups in total. The highest BCUT2D eigenvalue weighted by atomic mass is 15.0. The number of nitrogens with zero attached hydrogens (tertiary/aromatic N) is 2. The minimum Gasteiger partial charge on any atom is -0.309 e. The lowest BCUT2D eigenvalue weighted by Crippen LogP contribution is -2.00. The molecule has 0 spiro atoms. The van der Waals surface area contributed by atoms with Crippen molar-refractivity contribution in [2.24, 2.45) is 0 Å². The van der Waals surface area contributed by atoms with Crippen molar-refractivity contribution in [3.8, 4) is 33.6 Å². The van der Waals surface area contributed by atoms with Gasteiger partial charge < -0.3 is 9.13 Å². The van der Waals surface area contributed by atoms with E-state index < -0.39 is 0 Å². The number of fused-ring (bicyclic) bond motifs is 7. The van der Waals surface area contributed by atoms with Crippen LogP contribution in [-0.4, -0.2) is 9.13 Å². The molecule has 0 fully saturated rings. The molecule has 0 unspecified atom stereocenters. The van der Waals surface area contributed by atoms with Gasteiger partial charge in [0.2, 0.25) is 0 Å². The van der Waals surface area contributed by atoms with Crippen molar-refractivity contribution in [3.63, 3.8) is 0 Å². The van der Waals surface area contributed by atoms with Crippen LogP contribution in [0.15, 0.2) is 182 Å². The molecule has 0 atom stereocenters. The smallest absolute Gasteiger partial charge is 0.0541 e. The fourth-order valence-electron chi connectivity index (χ4n) is 7.83. The molecule has 0 aliphatic carbocycles. The largest absolute Gasteiger partial charge is 0.309 e. The van der Waals surface area contributed by atoms with Crippen LogP contribution in [0.4, 0.5) is 0 Å². The summed E-state index contributed by atoms with van der Waals surface area (Å²) in [6.07, 6.45) is 0. The van der Waals surface area contributed by atoms with E-state index in [0.717, 1.165) is 11.4 Å². The molecule has 2 heterocycles. The van der Waals surface area contributed by atoms with Crippen LogP contribution in [0.5, 0.6) is 0 Å². The number of para-hydroxylation sites is 4. The molecule has 0 aliphatic heterocycles. The number of aromatic nitrogens is 2. The third-order valence-electron chi connectivity index (χ3n) is 9.90. The molecule has 2 nitrogen and oxygen atoms in total. The first-order valence-corrected chi connectivity index (χ1v) is 16.5. The molecule has 0 radical (unpaired) electrons. The van der Waals surface area contributed by atoms with Gasteiger partial charge in [-0.25, -0.2) is 0 Å². The lowest BCUT2D eigenvalue weighted by Gasteiger charge is -2.17. The highest BCUT2D eigenvalue weighted by Crippen LogP contribution is 2.40. The third kappa shape index (κ3) is 4.00. The van der Waals surface area contributed by atoms with E-state index >= 15 is 0 Å². The van der Waals surface area contributed by atoms with Crippen LogP contribution in [-0.2, 0) is 0 Å². The van der Waals surface area contributed by atoms with Gasteiger partial charge in [0.05, 0.1) is 22.1 Å². The summed E-state index contributed by atoms with van der Waals surface area (Å²) in [7, 11) is 0. The molecular formula is C46H30N2. The second kappa shape index (κ2) is 10.6. The first-order valence-electron chi connectivity index (χ1n) is 16.5.